The molecule has 2 heterocycles. The molecular weight excluding hydrogens is 322 g/mol. The first kappa shape index (κ1) is 18.6. The number of hydrogen-bond acceptors (Lipinski definition) is 4. The molecule has 2 rings (SSSR count). The van der Waals surface area contributed by atoms with E-state index < -0.39 is 0 Å². The van der Waals surface area contributed by atoms with Crippen molar-refractivity contribution in [1.82, 2.24) is 14.9 Å². The number of thiophene rings is 1. The Morgan fingerprint density at radius 1 is 1.33 bits per heavy atom. The highest BCUT2D eigenvalue weighted by Crippen LogP contribution is 2.20. The van der Waals surface area contributed by atoms with Gasteiger partial charge in [-0.2, -0.15) is 0 Å². The first-order valence-electron chi connectivity index (χ1n) is 8.68. The minimum absolute atomic E-state index is 0.0214. The van der Waals surface area contributed by atoms with Gasteiger partial charge in [0.2, 0.25) is 5.91 Å². The van der Waals surface area contributed by atoms with Gasteiger partial charge in [-0.05, 0) is 31.7 Å². The summed E-state index contributed by atoms with van der Waals surface area (Å²) in [5.74, 6) is 0.546. The van der Waals surface area contributed by atoms with E-state index in [1.165, 1.54) is 22.2 Å². The van der Waals surface area contributed by atoms with Gasteiger partial charge in [-0.15, -0.1) is 11.3 Å². The van der Waals surface area contributed by atoms with E-state index in [2.05, 4.69) is 31.1 Å². The molecule has 0 aromatic carbocycles. The van der Waals surface area contributed by atoms with Crippen molar-refractivity contribution in [1.29, 1.82) is 0 Å². The Balaban J connectivity index is 1.97. The summed E-state index contributed by atoms with van der Waals surface area (Å²) in [6, 6.07) is 2.01. The molecule has 2 aromatic rings. The molecule has 0 aliphatic carbocycles. The second-order valence-corrected chi connectivity index (χ2v) is 7.87. The van der Waals surface area contributed by atoms with Gasteiger partial charge in [0.05, 0.1) is 11.7 Å². The maximum atomic E-state index is 12.5. The highest BCUT2D eigenvalue weighted by molar-refractivity contribution is 7.18. The van der Waals surface area contributed by atoms with Gasteiger partial charge >= 0.3 is 0 Å². The summed E-state index contributed by atoms with van der Waals surface area (Å²) >= 11 is 1.54. The molecule has 0 aliphatic heterocycles. The Hall–Kier alpha value is -1.69. The first-order chi connectivity index (χ1) is 11.4. The van der Waals surface area contributed by atoms with Crippen molar-refractivity contribution in [2.45, 2.75) is 66.0 Å². The van der Waals surface area contributed by atoms with Crippen molar-refractivity contribution in [2.75, 3.05) is 0 Å². The van der Waals surface area contributed by atoms with Crippen LogP contribution in [0.3, 0.4) is 0 Å². The molecule has 0 saturated heterocycles. The van der Waals surface area contributed by atoms with Crippen LogP contribution in [0.15, 0.2) is 17.2 Å². The number of aryl methyl sites for hydroxylation is 1. The van der Waals surface area contributed by atoms with Crippen molar-refractivity contribution in [3.05, 3.63) is 27.6 Å². The minimum atomic E-state index is -0.140. The van der Waals surface area contributed by atoms with E-state index in [4.69, 9.17) is 0 Å². The van der Waals surface area contributed by atoms with Crippen molar-refractivity contribution < 1.29 is 4.79 Å². The lowest BCUT2D eigenvalue weighted by molar-refractivity contribution is -0.122. The number of rotatable bonds is 8. The average Bonchev–Trinajstić information content (AvgIpc) is 2.94. The van der Waals surface area contributed by atoms with Crippen LogP contribution in [0.1, 0.15) is 51.8 Å². The molecule has 0 spiro atoms. The fraction of sp³-hybridized carbons (Fsp3) is 0.611. The second-order valence-electron chi connectivity index (χ2n) is 6.76. The predicted octanol–water partition coefficient (Wildman–Crippen LogP) is 3.35. The standard InChI is InChI=1S/C18H27N3O2S/c1-5-14-9-15-17(24-14)19-11-21(18(15)23)10-16(22)20-13(4)8-6-7-12(2)3/h9,11-13H,5-8,10H2,1-4H3,(H,20,22)/t13-/m1/s1. The maximum Gasteiger partial charge on any atom is 0.262 e. The molecule has 0 saturated carbocycles. The number of carbonyl (C=O) groups is 1. The van der Waals surface area contributed by atoms with E-state index in [-0.39, 0.29) is 24.1 Å². The third kappa shape index (κ3) is 4.90. The van der Waals surface area contributed by atoms with Crippen LogP contribution in [0.4, 0.5) is 0 Å². The van der Waals surface area contributed by atoms with Crippen LogP contribution < -0.4 is 10.9 Å². The van der Waals surface area contributed by atoms with Crippen LogP contribution in [-0.4, -0.2) is 21.5 Å². The van der Waals surface area contributed by atoms with Crippen molar-refractivity contribution >= 4 is 27.5 Å². The number of fused-ring (bicyclic) bond motifs is 1. The number of carbonyl (C=O) groups excluding carboxylic acids is 1. The molecule has 132 valence electrons. The summed E-state index contributed by atoms with van der Waals surface area (Å²) < 4.78 is 1.39. The Morgan fingerprint density at radius 2 is 2.08 bits per heavy atom. The van der Waals surface area contributed by atoms with Gasteiger partial charge in [-0.1, -0.05) is 33.6 Å². The van der Waals surface area contributed by atoms with Crippen LogP contribution in [0.5, 0.6) is 0 Å². The Labute approximate surface area is 147 Å². The van der Waals surface area contributed by atoms with Gasteiger partial charge in [0.25, 0.3) is 5.56 Å². The van der Waals surface area contributed by atoms with Crippen LogP contribution in [0.25, 0.3) is 10.2 Å². The number of nitrogens with zero attached hydrogens (tertiary/aromatic N) is 2. The van der Waals surface area contributed by atoms with E-state index in [9.17, 15) is 9.59 Å². The molecule has 0 aliphatic rings. The molecule has 1 atom stereocenters. The zero-order chi connectivity index (χ0) is 17.7. The second kappa shape index (κ2) is 8.42. The molecule has 0 fully saturated rings. The summed E-state index contributed by atoms with van der Waals surface area (Å²) in [5, 5.41) is 3.58. The van der Waals surface area contributed by atoms with Crippen LogP contribution in [-0.2, 0) is 17.8 Å². The topological polar surface area (TPSA) is 64.0 Å². The zero-order valence-electron chi connectivity index (χ0n) is 15.0. The van der Waals surface area contributed by atoms with E-state index in [0.717, 1.165) is 35.4 Å². The van der Waals surface area contributed by atoms with Crippen molar-refractivity contribution in [2.24, 2.45) is 5.92 Å². The number of nitrogens with one attached hydrogen (secondary N) is 1. The molecular formula is C18H27N3O2S. The Kier molecular flexibility index (Phi) is 6.54. The van der Waals surface area contributed by atoms with Crippen LogP contribution in [0.2, 0.25) is 0 Å². The monoisotopic (exact) mass is 349 g/mol. The van der Waals surface area contributed by atoms with Crippen molar-refractivity contribution in [3.8, 4) is 0 Å². The van der Waals surface area contributed by atoms with Gasteiger partial charge in [0.15, 0.2) is 0 Å². The normalized spacial score (nSPS) is 12.7. The smallest absolute Gasteiger partial charge is 0.262 e. The number of hydrogen-bond donors (Lipinski definition) is 1. The summed E-state index contributed by atoms with van der Waals surface area (Å²) in [6.45, 7) is 8.49. The third-order valence-electron chi connectivity index (χ3n) is 4.06. The number of amides is 1. The van der Waals surface area contributed by atoms with Crippen LogP contribution >= 0.6 is 11.3 Å². The molecule has 1 N–H and O–H groups in total. The van der Waals surface area contributed by atoms with Gasteiger partial charge in [-0.25, -0.2) is 4.98 Å². The lowest BCUT2D eigenvalue weighted by atomic mass is 10.0. The minimum Gasteiger partial charge on any atom is -0.352 e. The average molecular weight is 350 g/mol. The van der Waals surface area contributed by atoms with E-state index in [1.807, 2.05) is 13.0 Å². The van der Waals surface area contributed by atoms with E-state index in [1.54, 1.807) is 0 Å². The molecule has 2 aromatic heterocycles. The lowest BCUT2D eigenvalue weighted by Gasteiger charge is -2.15. The Bertz CT molecular complexity index is 748. The Morgan fingerprint density at radius 3 is 2.75 bits per heavy atom. The quantitative estimate of drug-likeness (QED) is 0.795. The maximum absolute atomic E-state index is 12.5. The molecule has 0 bridgehead atoms. The summed E-state index contributed by atoms with van der Waals surface area (Å²) in [6.07, 6.45) is 5.58. The number of aromatic nitrogens is 2. The highest BCUT2D eigenvalue weighted by atomic mass is 32.1. The third-order valence-corrected chi connectivity index (χ3v) is 5.24. The zero-order valence-corrected chi connectivity index (χ0v) is 15.8. The predicted molar refractivity (Wildman–Crippen MR) is 99.6 cm³/mol. The molecule has 0 radical (unpaired) electrons. The highest BCUT2D eigenvalue weighted by Gasteiger charge is 2.12. The fourth-order valence-electron chi connectivity index (χ4n) is 2.68. The molecule has 6 heteroatoms. The van der Waals surface area contributed by atoms with Gasteiger partial charge in [0.1, 0.15) is 11.4 Å². The summed E-state index contributed by atoms with van der Waals surface area (Å²) in [7, 11) is 0. The molecule has 5 nitrogen and oxygen atoms in total. The molecule has 1 amide bonds. The lowest BCUT2D eigenvalue weighted by Crippen LogP contribution is -2.37. The SMILES string of the molecule is CCc1cc2c(=O)n(CC(=O)N[C@H](C)CCCC(C)C)cnc2s1. The first-order valence-corrected chi connectivity index (χ1v) is 9.49. The fourth-order valence-corrected chi connectivity index (χ4v) is 3.60. The van der Waals surface area contributed by atoms with E-state index >= 15 is 0 Å². The largest absolute Gasteiger partial charge is 0.352 e. The molecule has 24 heavy (non-hydrogen) atoms. The van der Waals surface area contributed by atoms with E-state index in [0.29, 0.717) is 11.3 Å². The summed E-state index contributed by atoms with van der Waals surface area (Å²) in [4.78, 5) is 30.8. The van der Waals surface area contributed by atoms with Crippen LogP contribution in [0, 0.1) is 5.92 Å². The van der Waals surface area contributed by atoms with Gasteiger partial charge in [0, 0.05) is 10.9 Å². The molecule has 0 unspecified atom stereocenters. The summed E-state index contributed by atoms with van der Waals surface area (Å²) in [5.41, 5.74) is -0.140. The van der Waals surface area contributed by atoms with Crippen molar-refractivity contribution in [3.63, 3.8) is 0 Å². The van der Waals surface area contributed by atoms with Gasteiger partial charge < -0.3 is 5.32 Å². The van der Waals surface area contributed by atoms with Gasteiger partial charge in [-0.3, -0.25) is 14.2 Å².